The summed E-state index contributed by atoms with van der Waals surface area (Å²) >= 11 is 0. The highest BCUT2D eigenvalue weighted by Gasteiger charge is 2.20. The zero-order valence-corrected chi connectivity index (χ0v) is 11.1. The Balaban J connectivity index is 2.46. The van der Waals surface area contributed by atoms with Gasteiger partial charge >= 0.3 is 5.97 Å². The van der Waals surface area contributed by atoms with E-state index in [2.05, 4.69) is 4.98 Å². The first-order chi connectivity index (χ1) is 9.15. The Morgan fingerprint density at radius 1 is 1.37 bits per heavy atom. The van der Waals surface area contributed by atoms with Gasteiger partial charge in [0.15, 0.2) is 17.3 Å². The van der Waals surface area contributed by atoms with Crippen molar-refractivity contribution in [2.24, 2.45) is 0 Å². The van der Waals surface area contributed by atoms with Gasteiger partial charge in [-0.2, -0.15) is 0 Å². The van der Waals surface area contributed by atoms with Crippen molar-refractivity contribution in [3.05, 3.63) is 41.4 Å². The van der Waals surface area contributed by atoms with E-state index in [-0.39, 0.29) is 5.69 Å². The molecule has 1 aromatic heterocycles. The Kier molecular flexibility index (Phi) is 3.97. The van der Waals surface area contributed by atoms with Crippen LogP contribution in [-0.4, -0.2) is 25.2 Å². The first-order valence-electron chi connectivity index (χ1n) is 5.79. The number of esters is 1. The molecule has 0 saturated carbocycles. The number of ether oxygens (including phenoxy) is 2. The molecule has 0 unspecified atom stereocenters. The van der Waals surface area contributed by atoms with Gasteiger partial charge in [0.2, 0.25) is 0 Å². The zero-order chi connectivity index (χ0) is 13.8. The second kappa shape index (κ2) is 5.67. The van der Waals surface area contributed by atoms with Gasteiger partial charge in [0.25, 0.3) is 0 Å². The monoisotopic (exact) mass is 261 g/mol. The van der Waals surface area contributed by atoms with Gasteiger partial charge in [0.05, 0.1) is 13.7 Å². The van der Waals surface area contributed by atoms with Crippen molar-refractivity contribution in [2.75, 3.05) is 14.2 Å². The third-order valence-corrected chi connectivity index (χ3v) is 2.61. The number of rotatable bonds is 4. The van der Waals surface area contributed by atoms with Crippen LogP contribution in [0.3, 0.4) is 0 Å². The highest BCUT2D eigenvalue weighted by atomic mass is 16.5. The highest BCUT2D eigenvalue weighted by molar-refractivity contribution is 5.93. The maximum absolute atomic E-state index is 11.7. The second-order valence-electron chi connectivity index (χ2n) is 4.04. The standard InChI is InChI=1S/C14H15NO4/c1-9-15-12(14(16)18-3)13(19-9)11-6-4-5-10(7-11)8-17-2/h4-7H,8H2,1-3H3. The Morgan fingerprint density at radius 2 is 2.16 bits per heavy atom. The average Bonchev–Trinajstić information content (AvgIpc) is 2.81. The zero-order valence-electron chi connectivity index (χ0n) is 11.1. The van der Waals surface area contributed by atoms with Crippen LogP contribution in [0.25, 0.3) is 11.3 Å². The lowest BCUT2D eigenvalue weighted by Gasteiger charge is -2.03. The number of nitrogens with zero attached hydrogens (tertiary/aromatic N) is 1. The van der Waals surface area contributed by atoms with E-state index in [0.717, 1.165) is 11.1 Å². The number of methoxy groups -OCH3 is 2. The van der Waals surface area contributed by atoms with E-state index in [1.165, 1.54) is 7.11 Å². The van der Waals surface area contributed by atoms with Crippen molar-refractivity contribution in [1.29, 1.82) is 0 Å². The fourth-order valence-electron chi connectivity index (χ4n) is 1.83. The summed E-state index contributed by atoms with van der Waals surface area (Å²) in [5, 5.41) is 0. The Bertz CT molecular complexity index is 589. The third-order valence-electron chi connectivity index (χ3n) is 2.61. The van der Waals surface area contributed by atoms with Crippen LogP contribution in [0.2, 0.25) is 0 Å². The molecule has 0 aliphatic heterocycles. The number of carbonyl (C=O) groups is 1. The summed E-state index contributed by atoms with van der Waals surface area (Å²) in [6, 6.07) is 7.57. The van der Waals surface area contributed by atoms with Crippen LogP contribution in [0.15, 0.2) is 28.7 Å². The molecule has 1 heterocycles. The van der Waals surface area contributed by atoms with E-state index in [1.54, 1.807) is 14.0 Å². The first-order valence-corrected chi connectivity index (χ1v) is 5.79. The minimum absolute atomic E-state index is 0.189. The molecule has 2 aromatic rings. The van der Waals surface area contributed by atoms with Crippen molar-refractivity contribution in [3.63, 3.8) is 0 Å². The predicted octanol–water partition coefficient (Wildman–Crippen LogP) is 2.58. The molecular weight excluding hydrogens is 246 g/mol. The summed E-state index contributed by atoms with van der Waals surface area (Å²) in [5.41, 5.74) is 1.95. The summed E-state index contributed by atoms with van der Waals surface area (Å²) in [6.45, 7) is 2.18. The molecule has 0 aliphatic rings. The van der Waals surface area contributed by atoms with Crippen molar-refractivity contribution < 1.29 is 18.7 Å². The molecular formula is C14H15NO4. The lowest BCUT2D eigenvalue weighted by atomic mass is 10.1. The molecule has 19 heavy (non-hydrogen) atoms. The summed E-state index contributed by atoms with van der Waals surface area (Å²) in [7, 11) is 2.95. The minimum Gasteiger partial charge on any atom is -0.464 e. The van der Waals surface area contributed by atoms with Crippen molar-refractivity contribution >= 4 is 5.97 Å². The van der Waals surface area contributed by atoms with Crippen LogP contribution < -0.4 is 0 Å². The van der Waals surface area contributed by atoms with Gasteiger partial charge < -0.3 is 13.9 Å². The van der Waals surface area contributed by atoms with Gasteiger partial charge in [0.1, 0.15) is 0 Å². The number of oxazole rings is 1. The smallest absolute Gasteiger partial charge is 0.360 e. The minimum atomic E-state index is -0.510. The number of hydrogen-bond acceptors (Lipinski definition) is 5. The lowest BCUT2D eigenvalue weighted by Crippen LogP contribution is -2.03. The topological polar surface area (TPSA) is 61.6 Å². The van der Waals surface area contributed by atoms with Crippen molar-refractivity contribution in [2.45, 2.75) is 13.5 Å². The number of aryl methyl sites for hydroxylation is 1. The summed E-state index contributed by atoms with van der Waals surface area (Å²) < 4.78 is 15.3. The Hall–Kier alpha value is -2.14. The highest BCUT2D eigenvalue weighted by Crippen LogP contribution is 2.26. The quantitative estimate of drug-likeness (QED) is 0.791. The Morgan fingerprint density at radius 3 is 2.84 bits per heavy atom. The summed E-state index contributed by atoms with van der Waals surface area (Å²) in [5.74, 6) is 0.332. The molecule has 0 saturated heterocycles. The van der Waals surface area contributed by atoms with Gasteiger partial charge in [-0.3, -0.25) is 0 Å². The van der Waals surface area contributed by atoms with E-state index in [4.69, 9.17) is 13.9 Å². The molecule has 1 aromatic carbocycles. The van der Waals surface area contributed by atoms with Gasteiger partial charge in [-0.1, -0.05) is 18.2 Å². The normalized spacial score (nSPS) is 10.5. The third kappa shape index (κ3) is 2.82. The fourth-order valence-corrected chi connectivity index (χ4v) is 1.83. The van der Waals surface area contributed by atoms with Crippen molar-refractivity contribution in [3.8, 4) is 11.3 Å². The molecule has 0 atom stereocenters. The van der Waals surface area contributed by atoms with Crippen LogP contribution in [0.1, 0.15) is 21.9 Å². The van der Waals surface area contributed by atoms with Crippen LogP contribution in [0.5, 0.6) is 0 Å². The predicted molar refractivity (Wildman–Crippen MR) is 68.7 cm³/mol. The fraction of sp³-hybridized carbons (Fsp3) is 0.286. The van der Waals surface area contributed by atoms with E-state index in [0.29, 0.717) is 18.3 Å². The van der Waals surface area contributed by atoms with Gasteiger partial charge in [-0.25, -0.2) is 9.78 Å². The molecule has 0 fully saturated rings. The maximum Gasteiger partial charge on any atom is 0.360 e. The van der Waals surface area contributed by atoms with E-state index < -0.39 is 5.97 Å². The van der Waals surface area contributed by atoms with Gasteiger partial charge in [-0.15, -0.1) is 0 Å². The van der Waals surface area contributed by atoms with Crippen molar-refractivity contribution in [1.82, 2.24) is 4.98 Å². The second-order valence-corrected chi connectivity index (χ2v) is 4.04. The number of benzene rings is 1. The molecule has 2 rings (SSSR count). The number of aromatic nitrogens is 1. The number of carbonyl (C=O) groups excluding carboxylic acids is 1. The molecule has 0 amide bonds. The number of hydrogen-bond donors (Lipinski definition) is 0. The van der Waals surface area contributed by atoms with Crippen LogP contribution >= 0.6 is 0 Å². The van der Waals surface area contributed by atoms with Crippen LogP contribution in [0, 0.1) is 6.92 Å². The lowest BCUT2D eigenvalue weighted by molar-refractivity contribution is 0.0595. The molecule has 100 valence electrons. The molecule has 0 radical (unpaired) electrons. The van der Waals surface area contributed by atoms with Crippen LogP contribution in [-0.2, 0) is 16.1 Å². The van der Waals surface area contributed by atoms with E-state index >= 15 is 0 Å². The summed E-state index contributed by atoms with van der Waals surface area (Å²) in [6.07, 6.45) is 0. The largest absolute Gasteiger partial charge is 0.464 e. The van der Waals surface area contributed by atoms with Gasteiger partial charge in [-0.05, 0) is 11.6 Å². The molecule has 5 heteroatoms. The maximum atomic E-state index is 11.7. The molecule has 0 bridgehead atoms. The molecule has 0 aliphatic carbocycles. The van der Waals surface area contributed by atoms with Gasteiger partial charge in [0, 0.05) is 19.6 Å². The van der Waals surface area contributed by atoms with Crippen LogP contribution in [0.4, 0.5) is 0 Å². The first kappa shape index (κ1) is 13.3. The molecule has 0 spiro atoms. The summed E-state index contributed by atoms with van der Waals surface area (Å²) in [4.78, 5) is 15.7. The SMILES string of the molecule is COCc1cccc(-c2oc(C)nc2C(=O)OC)c1. The average molecular weight is 261 g/mol. The van der Waals surface area contributed by atoms with E-state index in [1.807, 2.05) is 24.3 Å². The van der Waals surface area contributed by atoms with E-state index in [9.17, 15) is 4.79 Å². The molecule has 0 N–H and O–H groups in total. The molecule has 5 nitrogen and oxygen atoms in total. The Labute approximate surface area is 111 Å².